The number of fused-ring (bicyclic) bond motifs is 1. The highest BCUT2D eigenvalue weighted by Crippen LogP contribution is 2.21. The topological polar surface area (TPSA) is 134 Å². The average Bonchev–Trinajstić information content (AvgIpc) is 3.11. The predicted molar refractivity (Wildman–Crippen MR) is 144 cm³/mol. The molecule has 37 heavy (non-hydrogen) atoms. The molecule has 4 heterocycles. The van der Waals surface area contributed by atoms with Gasteiger partial charge in [0.1, 0.15) is 29.0 Å². The Labute approximate surface area is 216 Å². The van der Waals surface area contributed by atoms with Crippen LogP contribution in [0, 0.1) is 18.3 Å². The lowest BCUT2D eigenvalue weighted by Crippen LogP contribution is -2.45. The number of nitrogens with one attached hydrogen (secondary N) is 1. The van der Waals surface area contributed by atoms with Crippen LogP contribution in [0.15, 0.2) is 66.4 Å². The molecule has 0 saturated carbocycles. The fourth-order valence-corrected chi connectivity index (χ4v) is 3.52. The largest absolute Gasteiger partial charge is 0.457 e. The van der Waals surface area contributed by atoms with Crippen LogP contribution >= 0.6 is 0 Å². The first-order valence-electron chi connectivity index (χ1n) is 11.8. The number of ether oxygens (including phenoxy) is 1. The number of hydrogen-bond donors (Lipinski definition) is 2. The third-order valence-electron chi connectivity index (χ3n) is 5.45. The lowest BCUT2D eigenvalue weighted by atomic mass is 10.3. The maximum absolute atomic E-state index is 9.34. The maximum atomic E-state index is 9.34. The van der Waals surface area contributed by atoms with Gasteiger partial charge in [0.05, 0.1) is 0 Å². The normalized spacial score (nSPS) is 14.5. The number of hydrogen-bond acceptors (Lipinski definition) is 10. The molecule has 3 N–H and O–H groups in total. The van der Waals surface area contributed by atoms with E-state index in [4.69, 9.17) is 4.74 Å². The van der Waals surface area contributed by atoms with Gasteiger partial charge in [0.25, 0.3) is 0 Å². The molecule has 3 aromatic heterocycles. The zero-order valence-electron chi connectivity index (χ0n) is 21.6. The van der Waals surface area contributed by atoms with Crippen LogP contribution in [0.2, 0.25) is 0 Å². The summed E-state index contributed by atoms with van der Waals surface area (Å²) in [7, 11) is 5.35. The van der Waals surface area contributed by atoms with Crippen LogP contribution in [0.4, 0.5) is 11.8 Å². The Balaban J connectivity index is 0.000000207. The van der Waals surface area contributed by atoms with Gasteiger partial charge < -0.3 is 25.6 Å². The summed E-state index contributed by atoms with van der Waals surface area (Å²) >= 11 is 0. The van der Waals surface area contributed by atoms with Crippen molar-refractivity contribution >= 4 is 17.4 Å². The number of rotatable bonds is 4. The van der Waals surface area contributed by atoms with Gasteiger partial charge in [-0.05, 0) is 45.3 Å². The highest BCUT2D eigenvalue weighted by atomic mass is 16.5. The molecule has 1 fully saturated rings. The molecule has 11 nitrogen and oxygen atoms in total. The fourth-order valence-electron chi connectivity index (χ4n) is 3.52. The molecule has 0 amide bonds. The summed E-state index contributed by atoms with van der Waals surface area (Å²) in [6.45, 7) is 5.63. The molecule has 0 atom stereocenters. The number of anilines is 2. The summed E-state index contributed by atoms with van der Waals surface area (Å²) in [5.74, 6) is 3.48. The van der Waals surface area contributed by atoms with Crippen molar-refractivity contribution in [2.24, 2.45) is 5.73 Å². The van der Waals surface area contributed by atoms with Crippen molar-refractivity contribution in [2.45, 2.75) is 6.92 Å². The Morgan fingerprint density at radius 1 is 1.11 bits per heavy atom. The molecule has 1 aliphatic heterocycles. The minimum atomic E-state index is 0.457. The quantitative estimate of drug-likeness (QED) is 0.514. The van der Waals surface area contributed by atoms with Crippen molar-refractivity contribution in [3.8, 4) is 11.8 Å². The molecule has 0 unspecified atom stereocenters. The summed E-state index contributed by atoms with van der Waals surface area (Å²) < 4.78 is 7.18. The summed E-state index contributed by atoms with van der Waals surface area (Å²) in [6, 6.07) is 5.80. The summed E-state index contributed by atoms with van der Waals surface area (Å²) in [4.78, 5) is 17.4. The Bertz CT molecular complexity index is 1340. The minimum absolute atomic E-state index is 0.457. The van der Waals surface area contributed by atoms with E-state index in [0.29, 0.717) is 23.0 Å². The summed E-state index contributed by atoms with van der Waals surface area (Å²) in [5, 5.41) is 16.6. The van der Waals surface area contributed by atoms with Crippen molar-refractivity contribution < 1.29 is 4.74 Å². The molecule has 2 aliphatic rings. The number of likely N-dealkylation sites (N-methyl/N-ethyl adjacent to an activating group) is 1. The van der Waals surface area contributed by atoms with Gasteiger partial charge in [-0.1, -0.05) is 12.2 Å². The van der Waals surface area contributed by atoms with Crippen LogP contribution < -0.4 is 20.7 Å². The second-order valence-corrected chi connectivity index (χ2v) is 7.90. The number of nitriles is 1. The zero-order chi connectivity index (χ0) is 26.6. The van der Waals surface area contributed by atoms with Gasteiger partial charge in [0.15, 0.2) is 11.5 Å². The second-order valence-electron chi connectivity index (χ2n) is 7.90. The Morgan fingerprint density at radius 2 is 1.84 bits per heavy atom. The lowest BCUT2D eigenvalue weighted by Gasteiger charge is -2.32. The highest BCUT2D eigenvalue weighted by Gasteiger charge is 2.21. The number of pyridine rings is 1. The molecule has 1 aliphatic carbocycles. The van der Waals surface area contributed by atoms with Crippen molar-refractivity contribution in [3.05, 3.63) is 77.8 Å². The fraction of sp³-hybridized carbons (Fsp3) is 0.308. The molecule has 0 radical (unpaired) electrons. The monoisotopic (exact) mass is 500 g/mol. The number of aryl methyl sites for hydroxylation is 1. The van der Waals surface area contributed by atoms with Gasteiger partial charge in [-0.3, -0.25) is 4.98 Å². The van der Waals surface area contributed by atoms with Gasteiger partial charge in [0, 0.05) is 51.7 Å². The molecule has 1 saturated heterocycles. The lowest BCUT2D eigenvalue weighted by molar-refractivity contribution is 0.311. The average molecular weight is 501 g/mol. The zero-order valence-corrected chi connectivity index (χ0v) is 21.6. The Morgan fingerprint density at radius 3 is 2.51 bits per heavy atom. The van der Waals surface area contributed by atoms with Gasteiger partial charge in [-0.2, -0.15) is 19.7 Å². The molecular formula is C26H32N10O. The van der Waals surface area contributed by atoms with Crippen molar-refractivity contribution in [1.29, 1.82) is 5.26 Å². The number of allylic oxidation sites excluding steroid dienone is 4. The minimum Gasteiger partial charge on any atom is -0.457 e. The van der Waals surface area contributed by atoms with E-state index in [2.05, 4.69) is 59.7 Å². The van der Waals surface area contributed by atoms with E-state index in [9.17, 15) is 5.26 Å². The van der Waals surface area contributed by atoms with Gasteiger partial charge in [0.2, 0.25) is 5.95 Å². The number of nitrogens with zero attached hydrogens (tertiary/aromatic N) is 8. The van der Waals surface area contributed by atoms with E-state index in [1.165, 1.54) is 7.05 Å². The van der Waals surface area contributed by atoms with Crippen LogP contribution in [0.25, 0.3) is 5.65 Å². The van der Waals surface area contributed by atoms with Crippen LogP contribution in [-0.2, 0) is 0 Å². The molecule has 0 spiro atoms. The van der Waals surface area contributed by atoms with E-state index in [1.807, 2.05) is 43.4 Å². The Kier molecular flexibility index (Phi) is 9.93. The summed E-state index contributed by atoms with van der Waals surface area (Å²) in [5.41, 5.74) is 8.49. The first-order valence-corrected chi connectivity index (χ1v) is 11.8. The van der Waals surface area contributed by atoms with Crippen LogP contribution in [-0.4, -0.2) is 76.8 Å². The maximum Gasteiger partial charge on any atom is 0.229 e. The molecule has 11 heteroatoms. The molecule has 0 bridgehead atoms. The number of aromatic nitrogens is 5. The van der Waals surface area contributed by atoms with Crippen molar-refractivity contribution in [1.82, 2.24) is 29.5 Å². The van der Waals surface area contributed by atoms with Crippen molar-refractivity contribution in [3.63, 3.8) is 0 Å². The molecule has 5 rings (SSSR count). The van der Waals surface area contributed by atoms with Crippen molar-refractivity contribution in [2.75, 3.05) is 57.5 Å². The summed E-state index contributed by atoms with van der Waals surface area (Å²) in [6.07, 6.45) is 12.7. The van der Waals surface area contributed by atoms with Crippen LogP contribution in [0.3, 0.4) is 0 Å². The molecule has 192 valence electrons. The van der Waals surface area contributed by atoms with Crippen LogP contribution in [0.5, 0.6) is 5.75 Å². The second kappa shape index (κ2) is 13.6. The van der Waals surface area contributed by atoms with E-state index in [1.54, 1.807) is 30.0 Å². The Hall–Kier alpha value is -4.49. The number of piperazine rings is 1. The van der Waals surface area contributed by atoms with E-state index in [0.717, 1.165) is 43.5 Å². The van der Waals surface area contributed by atoms with E-state index >= 15 is 0 Å². The number of nitrogens with two attached hydrogens (primary N) is 1. The molecular weight excluding hydrogens is 468 g/mol. The first kappa shape index (κ1) is 27.1. The highest BCUT2D eigenvalue weighted by molar-refractivity contribution is 5.68. The SMILES string of the molecule is C1=CC=CC=C(Oc2ccncc2)C=1.CN.CNc1nn2c(C)nc(N3CCN(C)CC3)nc2c1C#N. The van der Waals surface area contributed by atoms with Gasteiger partial charge in [-0.25, -0.2) is 0 Å². The first-order chi connectivity index (χ1) is 18.1. The molecule has 3 aromatic rings. The smallest absolute Gasteiger partial charge is 0.229 e. The standard InChI is InChI=1S/C13H18N8.C12H9NO.CH5N/c1-9-16-13(20-6-4-19(3)5-7-20)17-12-10(8-14)11(15-2)18-21(9)12;1-2-4-6-11(5-3-1)14-12-7-9-13-10-8-12;1-2/h4-7H2,1-3H3,(H,15,18);1-3,5-10H;2H2,1H3. The van der Waals surface area contributed by atoms with Crippen LogP contribution in [0.1, 0.15) is 11.4 Å². The third-order valence-corrected chi connectivity index (χ3v) is 5.45. The van der Waals surface area contributed by atoms with E-state index < -0.39 is 0 Å². The van der Waals surface area contributed by atoms with Gasteiger partial charge >= 0.3 is 0 Å². The molecule has 0 aromatic carbocycles. The van der Waals surface area contributed by atoms with Gasteiger partial charge in [-0.15, -0.1) is 10.8 Å². The van der Waals surface area contributed by atoms with E-state index in [-0.39, 0.29) is 0 Å². The predicted octanol–water partition coefficient (Wildman–Crippen LogP) is 2.30. The third kappa shape index (κ3) is 7.02.